The molecular formula is C14H22N2O4. The third-order valence-electron chi connectivity index (χ3n) is 3.07. The van der Waals surface area contributed by atoms with Gasteiger partial charge in [0.05, 0.1) is 20.2 Å². The van der Waals surface area contributed by atoms with E-state index in [1.807, 2.05) is 13.8 Å². The fourth-order valence-corrected chi connectivity index (χ4v) is 1.92. The lowest BCUT2D eigenvalue weighted by Gasteiger charge is -2.18. The molecule has 0 fully saturated rings. The molecule has 0 saturated heterocycles. The average molecular weight is 282 g/mol. The molecule has 1 amide bonds. The highest BCUT2D eigenvalue weighted by molar-refractivity contribution is 5.90. The lowest BCUT2D eigenvalue weighted by molar-refractivity contribution is -0.129. The van der Waals surface area contributed by atoms with Gasteiger partial charge in [-0.05, 0) is 26.8 Å². The predicted molar refractivity (Wildman–Crippen MR) is 74.4 cm³/mol. The Morgan fingerprint density at radius 3 is 2.55 bits per heavy atom. The minimum absolute atomic E-state index is 0.0477. The molecule has 112 valence electrons. The number of aryl methyl sites for hydroxylation is 1. The molecule has 1 N–H and O–H groups in total. The maximum atomic E-state index is 11.8. The van der Waals surface area contributed by atoms with Crippen LogP contribution in [0.1, 0.15) is 35.7 Å². The zero-order chi connectivity index (χ0) is 15.1. The van der Waals surface area contributed by atoms with Crippen LogP contribution in [0.25, 0.3) is 0 Å². The molecule has 0 radical (unpaired) electrons. The van der Waals surface area contributed by atoms with Gasteiger partial charge in [-0.15, -0.1) is 0 Å². The van der Waals surface area contributed by atoms with Gasteiger partial charge in [0.1, 0.15) is 17.1 Å². The number of hydrogen-bond donors (Lipinski definition) is 1. The van der Waals surface area contributed by atoms with E-state index in [0.717, 1.165) is 0 Å². The molecule has 1 aromatic rings. The van der Waals surface area contributed by atoms with Gasteiger partial charge in [0.25, 0.3) is 0 Å². The molecule has 0 bridgehead atoms. The molecule has 1 rings (SSSR count). The van der Waals surface area contributed by atoms with Crippen LogP contribution in [0.3, 0.4) is 0 Å². The molecule has 0 atom stereocenters. The van der Waals surface area contributed by atoms with Crippen molar-refractivity contribution in [2.45, 2.75) is 27.3 Å². The minimum Gasteiger partial charge on any atom is -0.465 e. The number of ether oxygens (including phenoxy) is 1. The smallest absolute Gasteiger partial charge is 0.341 e. The summed E-state index contributed by atoms with van der Waals surface area (Å²) in [6.07, 6.45) is 0. The number of nitrogens with one attached hydrogen (secondary N) is 1. The number of amides is 1. The Labute approximate surface area is 119 Å². The summed E-state index contributed by atoms with van der Waals surface area (Å²) in [6.45, 7) is 7.63. The molecule has 1 aromatic heterocycles. The van der Waals surface area contributed by atoms with Crippen LogP contribution in [0.5, 0.6) is 0 Å². The SMILES string of the molecule is CCN(CC)C(=O)CNCc1cc(C(=O)OC)c(C)o1. The Morgan fingerprint density at radius 2 is 2.00 bits per heavy atom. The number of esters is 1. The van der Waals surface area contributed by atoms with Gasteiger partial charge in [-0.2, -0.15) is 0 Å². The molecule has 0 unspecified atom stereocenters. The van der Waals surface area contributed by atoms with Gasteiger partial charge in [-0.25, -0.2) is 4.79 Å². The van der Waals surface area contributed by atoms with E-state index in [2.05, 4.69) is 10.1 Å². The van der Waals surface area contributed by atoms with Gasteiger partial charge in [0.15, 0.2) is 0 Å². The number of carbonyl (C=O) groups excluding carboxylic acids is 2. The third-order valence-corrected chi connectivity index (χ3v) is 3.07. The Hall–Kier alpha value is -1.82. The van der Waals surface area contributed by atoms with Crippen molar-refractivity contribution in [3.63, 3.8) is 0 Å². The van der Waals surface area contributed by atoms with E-state index in [1.165, 1.54) is 7.11 Å². The number of methoxy groups -OCH3 is 1. The maximum absolute atomic E-state index is 11.8. The molecule has 0 aliphatic carbocycles. The van der Waals surface area contributed by atoms with Crippen molar-refractivity contribution >= 4 is 11.9 Å². The first-order valence-electron chi connectivity index (χ1n) is 6.69. The fourth-order valence-electron chi connectivity index (χ4n) is 1.92. The Bertz CT molecular complexity index is 464. The molecule has 6 nitrogen and oxygen atoms in total. The zero-order valence-corrected chi connectivity index (χ0v) is 12.5. The van der Waals surface area contributed by atoms with Gasteiger partial charge in [-0.1, -0.05) is 0 Å². The monoisotopic (exact) mass is 282 g/mol. The van der Waals surface area contributed by atoms with Gasteiger partial charge < -0.3 is 19.4 Å². The summed E-state index contributed by atoms with van der Waals surface area (Å²) in [7, 11) is 1.33. The van der Waals surface area contributed by atoms with Crippen molar-refractivity contribution in [2.24, 2.45) is 0 Å². The summed E-state index contributed by atoms with van der Waals surface area (Å²) in [5.41, 5.74) is 0.416. The second-order valence-electron chi connectivity index (χ2n) is 4.34. The molecule has 0 aliphatic rings. The fraction of sp³-hybridized carbons (Fsp3) is 0.571. The number of hydrogen-bond acceptors (Lipinski definition) is 5. The van der Waals surface area contributed by atoms with Crippen molar-refractivity contribution in [1.82, 2.24) is 10.2 Å². The molecule has 0 saturated carbocycles. The zero-order valence-electron chi connectivity index (χ0n) is 12.5. The van der Waals surface area contributed by atoms with E-state index in [0.29, 0.717) is 36.7 Å². The van der Waals surface area contributed by atoms with Crippen molar-refractivity contribution in [1.29, 1.82) is 0 Å². The van der Waals surface area contributed by atoms with Crippen LogP contribution in [0, 0.1) is 6.92 Å². The highest BCUT2D eigenvalue weighted by Crippen LogP contribution is 2.15. The van der Waals surface area contributed by atoms with E-state index in [9.17, 15) is 9.59 Å². The number of carbonyl (C=O) groups is 2. The Morgan fingerprint density at radius 1 is 1.35 bits per heavy atom. The van der Waals surface area contributed by atoms with Crippen molar-refractivity contribution in [3.05, 3.63) is 23.2 Å². The maximum Gasteiger partial charge on any atom is 0.341 e. The number of furan rings is 1. The second-order valence-corrected chi connectivity index (χ2v) is 4.34. The molecule has 0 aliphatic heterocycles. The molecule has 0 spiro atoms. The molecule has 6 heteroatoms. The second kappa shape index (κ2) is 7.69. The predicted octanol–water partition coefficient (Wildman–Crippen LogP) is 1.33. The lowest BCUT2D eigenvalue weighted by Crippen LogP contribution is -2.37. The Kier molecular flexibility index (Phi) is 6.24. The molecule has 0 aromatic carbocycles. The van der Waals surface area contributed by atoms with Crippen LogP contribution >= 0.6 is 0 Å². The average Bonchev–Trinajstić information content (AvgIpc) is 2.80. The van der Waals surface area contributed by atoms with Crippen LogP contribution in [-0.4, -0.2) is 43.5 Å². The number of nitrogens with zero attached hydrogens (tertiary/aromatic N) is 1. The van der Waals surface area contributed by atoms with E-state index in [4.69, 9.17) is 4.42 Å². The third kappa shape index (κ3) is 4.09. The highest BCUT2D eigenvalue weighted by atomic mass is 16.5. The summed E-state index contributed by atoms with van der Waals surface area (Å²) >= 11 is 0. The topological polar surface area (TPSA) is 71.8 Å². The number of rotatable bonds is 7. The van der Waals surface area contributed by atoms with Gasteiger partial charge in [-0.3, -0.25) is 4.79 Å². The van der Waals surface area contributed by atoms with Gasteiger partial charge >= 0.3 is 5.97 Å². The molecule has 1 heterocycles. The summed E-state index contributed by atoms with van der Waals surface area (Å²) in [6, 6.07) is 1.63. The van der Waals surface area contributed by atoms with Crippen molar-refractivity contribution in [2.75, 3.05) is 26.7 Å². The minimum atomic E-state index is -0.420. The first kappa shape index (κ1) is 16.2. The van der Waals surface area contributed by atoms with E-state index >= 15 is 0 Å². The number of likely N-dealkylation sites (N-methyl/N-ethyl adjacent to an activating group) is 1. The largest absolute Gasteiger partial charge is 0.465 e. The Balaban J connectivity index is 2.51. The molecular weight excluding hydrogens is 260 g/mol. The first-order chi connectivity index (χ1) is 9.53. The highest BCUT2D eigenvalue weighted by Gasteiger charge is 2.15. The first-order valence-corrected chi connectivity index (χ1v) is 6.69. The summed E-state index contributed by atoms with van der Waals surface area (Å²) in [5, 5.41) is 3.01. The van der Waals surface area contributed by atoms with E-state index in [1.54, 1.807) is 17.9 Å². The quantitative estimate of drug-likeness (QED) is 0.764. The lowest BCUT2D eigenvalue weighted by atomic mass is 10.2. The van der Waals surface area contributed by atoms with Crippen LogP contribution < -0.4 is 5.32 Å². The van der Waals surface area contributed by atoms with Crippen molar-refractivity contribution in [3.8, 4) is 0 Å². The van der Waals surface area contributed by atoms with Crippen LogP contribution in [0.2, 0.25) is 0 Å². The van der Waals surface area contributed by atoms with Crippen LogP contribution in [-0.2, 0) is 16.1 Å². The van der Waals surface area contributed by atoms with Crippen LogP contribution in [0.4, 0.5) is 0 Å². The summed E-state index contributed by atoms with van der Waals surface area (Å²) in [5.74, 6) is 0.752. The standard InChI is InChI=1S/C14H22N2O4/c1-5-16(6-2)13(17)9-15-8-11-7-12(10(3)20-11)14(18)19-4/h7,15H,5-6,8-9H2,1-4H3. The molecule has 20 heavy (non-hydrogen) atoms. The van der Waals surface area contributed by atoms with Crippen molar-refractivity contribution < 1.29 is 18.7 Å². The van der Waals surface area contributed by atoms with E-state index < -0.39 is 5.97 Å². The van der Waals surface area contributed by atoms with Crippen LogP contribution in [0.15, 0.2) is 10.5 Å². The van der Waals surface area contributed by atoms with Gasteiger partial charge in [0, 0.05) is 13.1 Å². The summed E-state index contributed by atoms with van der Waals surface area (Å²) in [4.78, 5) is 25.0. The van der Waals surface area contributed by atoms with E-state index in [-0.39, 0.29) is 12.5 Å². The summed E-state index contributed by atoms with van der Waals surface area (Å²) < 4.78 is 10.1. The normalized spacial score (nSPS) is 10.4. The van der Waals surface area contributed by atoms with Gasteiger partial charge in [0.2, 0.25) is 5.91 Å².